The lowest BCUT2D eigenvalue weighted by Crippen LogP contribution is -2.24. The Hall–Kier alpha value is -2.15. The summed E-state index contributed by atoms with van der Waals surface area (Å²) >= 11 is 0. The fourth-order valence-corrected chi connectivity index (χ4v) is 1.82. The fraction of sp³-hybridized carbons (Fsp3) is 0.500. The van der Waals surface area contributed by atoms with Crippen LogP contribution in [0.15, 0.2) is 18.2 Å². The van der Waals surface area contributed by atoms with E-state index in [2.05, 4.69) is 22.9 Å². The average molecular weight is 294 g/mol. The van der Waals surface area contributed by atoms with Crippen molar-refractivity contribution in [3.05, 3.63) is 33.9 Å². The zero-order valence-electron chi connectivity index (χ0n) is 12.4. The van der Waals surface area contributed by atoms with Crippen molar-refractivity contribution < 1.29 is 9.72 Å². The molecule has 7 nitrogen and oxygen atoms in total. The van der Waals surface area contributed by atoms with Gasteiger partial charge in [-0.1, -0.05) is 6.92 Å². The molecule has 7 heteroatoms. The van der Waals surface area contributed by atoms with Crippen LogP contribution in [0, 0.1) is 10.1 Å². The summed E-state index contributed by atoms with van der Waals surface area (Å²) < 4.78 is 0. The second kappa shape index (κ2) is 8.91. The van der Waals surface area contributed by atoms with Gasteiger partial charge in [-0.3, -0.25) is 14.9 Å². The van der Waals surface area contributed by atoms with Crippen LogP contribution >= 0.6 is 0 Å². The summed E-state index contributed by atoms with van der Waals surface area (Å²) in [6.45, 7) is 6.58. The third kappa shape index (κ3) is 5.39. The molecule has 0 saturated heterocycles. The summed E-state index contributed by atoms with van der Waals surface area (Å²) in [6, 6.07) is 4.45. The van der Waals surface area contributed by atoms with E-state index in [0.717, 1.165) is 19.5 Å². The van der Waals surface area contributed by atoms with Crippen molar-refractivity contribution in [1.29, 1.82) is 0 Å². The number of carbonyl (C=O) groups is 1. The Morgan fingerprint density at radius 3 is 2.62 bits per heavy atom. The molecule has 0 unspecified atom stereocenters. The van der Waals surface area contributed by atoms with E-state index in [-0.39, 0.29) is 11.6 Å². The molecule has 21 heavy (non-hydrogen) atoms. The largest absolute Gasteiger partial charge is 0.378 e. The first-order valence-electron chi connectivity index (χ1n) is 7.11. The van der Waals surface area contributed by atoms with Crippen molar-refractivity contribution in [2.24, 2.45) is 0 Å². The number of nitro benzene ring substituents is 1. The fourth-order valence-electron chi connectivity index (χ4n) is 1.82. The van der Waals surface area contributed by atoms with Gasteiger partial charge in [-0.2, -0.15) is 0 Å². The van der Waals surface area contributed by atoms with Gasteiger partial charge in [-0.05, 0) is 32.0 Å². The number of anilines is 1. The van der Waals surface area contributed by atoms with E-state index in [1.807, 2.05) is 0 Å². The monoisotopic (exact) mass is 294 g/mol. The zero-order chi connectivity index (χ0) is 15.7. The Morgan fingerprint density at radius 2 is 2.00 bits per heavy atom. The van der Waals surface area contributed by atoms with Crippen LogP contribution in [0.2, 0.25) is 0 Å². The summed E-state index contributed by atoms with van der Waals surface area (Å²) in [5.41, 5.74) is 0.624. The van der Waals surface area contributed by atoms with Crippen molar-refractivity contribution in [2.45, 2.75) is 20.3 Å². The van der Waals surface area contributed by atoms with Gasteiger partial charge in [0.25, 0.3) is 11.6 Å². The molecule has 3 N–H and O–H groups in total. The topological polar surface area (TPSA) is 96.3 Å². The minimum absolute atomic E-state index is 0.0887. The molecule has 0 radical (unpaired) electrons. The van der Waals surface area contributed by atoms with E-state index in [4.69, 9.17) is 0 Å². The summed E-state index contributed by atoms with van der Waals surface area (Å²) in [7, 11) is 0. The van der Waals surface area contributed by atoms with E-state index >= 15 is 0 Å². The first-order chi connectivity index (χ1) is 10.1. The average Bonchev–Trinajstić information content (AvgIpc) is 2.47. The van der Waals surface area contributed by atoms with E-state index in [0.29, 0.717) is 24.3 Å². The molecule has 0 aliphatic heterocycles. The molecule has 0 aliphatic carbocycles. The van der Waals surface area contributed by atoms with E-state index in [1.54, 1.807) is 19.1 Å². The molecule has 0 aliphatic rings. The van der Waals surface area contributed by atoms with E-state index in [1.165, 1.54) is 6.07 Å². The lowest BCUT2D eigenvalue weighted by Gasteiger charge is -2.09. The Morgan fingerprint density at radius 1 is 1.24 bits per heavy atom. The van der Waals surface area contributed by atoms with Gasteiger partial charge in [0.1, 0.15) is 5.69 Å². The highest BCUT2D eigenvalue weighted by atomic mass is 16.6. The quantitative estimate of drug-likeness (QED) is 0.366. The number of amides is 1. The lowest BCUT2D eigenvalue weighted by atomic mass is 10.1. The molecule has 116 valence electrons. The zero-order valence-corrected chi connectivity index (χ0v) is 12.4. The minimum Gasteiger partial charge on any atom is -0.378 e. The molecule has 0 aromatic heterocycles. The highest BCUT2D eigenvalue weighted by molar-refractivity contribution is 5.95. The maximum Gasteiger partial charge on any atom is 0.293 e. The third-order valence-corrected chi connectivity index (χ3v) is 2.84. The van der Waals surface area contributed by atoms with Crippen LogP contribution in [0.4, 0.5) is 11.4 Å². The van der Waals surface area contributed by atoms with Crippen LogP contribution in [0.3, 0.4) is 0 Å². The Labute approximate surface area is 124 Å². The molecule has 0 heterocycles. The Kier molecular flexibility index (Phi) is 7.17. The highest BCUT2D eigenvalue weighted by Crippen LogP contribution is 2.25. The van der Waals surface area contributed by atoms with Gasteiger partial charge in [0, 0.05) is 31.3 Å². The number of carbonyl (C=O) groups excluding carboxylic acids is 1. The van der Waals surface area contributed by atoms with Crippen molar-refractivity contribution in [1.82, 2.24) is 10.6 Å². The summed E-state index contributed by atoms with van der Waals surface area (Å²) in [6.07, 6.45) is 1.04. The molecule has 1 amide bonds. The smallest absolute Gasteiger partial charge is 0.293 e. The molecule has 0 fully saturated rings. The van der Waals surface area contributed by atoms with Gasteiger partial charge in [0.15, 0.2) is 0 Å². The number of rotatable bonds is 9. The van der Waals surface area contributed by atoms with Gasteiger partial charge in [0.05, 0.1) is 4.92 Å². The molecule has 1 aromatic carbocycles. The maximum absolute atomic E-state index is 11.7. The number of nitro groups is 1. The number of hydrogen-bond donors (Lipinski definition) is 3. The predicted molar refractivity (Wildman–Crippen MR) is 82.8 cm³/mol. The molecular formula is C14H22N4O3. The van der Waals surface area contributed by atoms with Crippen molar-refractivity contribution >= 4 is 17.3 Å². The highest BCUT2D eigenvalue weighted by Gasteiger charge is 2.16. The summed E-state index contributed by atoms with van der Waals surface area (Å²) in [4.78, 5) is 22.3. The van der Waals surface area contributed by atoms with Crippen LogP contribution in [0.1, 0.15) is 30.6 Å². The molecular weight excluding hydrogens is 272 g/mol. The lowest BCUT2D eigenvalue weighted by molar-refractivity contribution is -0.384. The van der Waals surface area contributed by atoms with Gasteiger partial charge < -0.3 is 16.0 Å². The third-order valence-electron chi connectivity index (χ3n) is 2.84. The van der Waals surface area contributed by atoms with E-state index in [9.17, 15) is 14.9 Å². The first-order valence-corrected chi connectivity index (χ1v) is 7.11. The molecule has 0 spiro atoms. The minimum atomic E-state index is -0.482. The molecule has 0 bridgehead atoms. The van der Waals surface area contributed by atoms with Crippen LogP contribution in [-0.4, -0.2) is 37.0 Å². The summed E-state index contributed by atoms with van der Waals surface area (Å²) in [5.74, 6) is -0.309. The predicted octanol–water partition coefficient (Wildman–Crippen LogP) is 1.76. The van der Waals surface area contributed by atoms with E-state index < -0.39 is 4.92 Å². The molecule has 0 saturated carbocycles. The number of nitrogens with one attached hydrogen (secondary N) is 3. The van der Waals surface area contributed by atoms with Crippen LogP contribution in [0.25, 0.3) is 0 Å². The second-order valence-electron chi connectivity index (χ2n) is 4.53. The Bertz CT molecular complexity index is 491. The van der Waals surface area contributed by atoms with Crippen molar-refractivity contribution in [3.8, 4) is 0 Å². The number of nitrogens with zero attached hydrogens (tertiary/aromatic N) is 1. The van der Waals surface area contributed by atoms with Gasteiger partial charge in [0.2, 0.25) is 0 Å². The second-order valence-corrected chi connectivity index (χ2v) is 4.53. The SMILES string of the molecule is CCCNCCNc1ccc(C(=O)NCC)cc1[N+](=O)[O-]. The summed E-state index contributed by atoms with van der Waals surface area (Å²) in [5, 5.41) is 19.9. The normalized spacial score (nSPS) is 10.2. The van der Waals surface area contributed by atoms with Gasteiger partial charge >= 0.3 is 0 Å². The molecule has 1 rings (SSSR count). The number of hydrogen-bond acceptors (Lipinski definition) is 5. The Balaban J connectivity index is 2.75. The van der Waals surface area contributed by atoms with Crippen LogP contribution in [0.5, 0.6) is 0 Å². The van der Waals surface area contributed by atoms with Crippen molar-refractivity contribution in [3.63, 3.8) is 0 Å². The van der Waals surface area contributed by atoms with Crippen LogP contribution < -0.4 is 16.0 Å². The van der Waals surface area contributed by atoms with Crippen LogP contribution in [-0.2, 0) is 0 Å². The molecule has 1 aromatic rings. The number of benzene rings is 1. The first kappa shape index (κ1) is 16.9. The molecule has 0 atom stereocenters. The van der Waals surface area contributed by atoms with Crippen molar-refractivity contribution in [2.75, 3.05) is 31.5 Å². The van der Waals surface area contributed by atoms with Gasteiger partial charge in [-0.25, -0.2) is 0 Å². The maximum atomic E-state index is 11.7. The van der Waals surface area contributed by atoms with Gasteiger partial charge in [-0.15, -0.1) is 0 Å². The standard InChI is InChI=1S/C14H22N4O3/c1-3-7-15-8-9-17-12-6-5-11(14(19)16-4-2)10-13(12)18(20)21/h5-6,10,15,17H,3-4,7-9H2,1-2H3,(H,16,19).